The van der Waals surface area contributed by atoms with E-state index in [-0.39, 0.29) is 12.5 Å². The first kappa shape index (κ1) is 8.53. The molecule has 1 aliphatic rings. The van der Waals surface area contributed by atoms with Crippen LogP contribution in [0.25, 0.3) is 0 Å². The summed E-state index contributed by atoms with van der Waals surface area (Å²) in [5.74, 6) is 0.468. The molecule has 0 aromatic rings. The van der Waals surface area contributed by atoms with E-state index in [2.05, 4.69) is 6.92 Å². The molecule has 1 fully saturated rings. The lowest BCUT2D eigenvalue weighted by molar-refractivity contribution is -0.135. The molecule has 0 spiro atoms. The van der Waals surface area contributed by atoms with Crippen molar-refractivity contribution in [2.24, 2.45) is 5.92 Å². The molecule has 1 N–H and O–H groups in total. The molecule has 3 nitrogen and oxygen atoms in total. The summed E-state index contributed by atoms with van der Waals surface area (Å²) in [4.78, 5) is 12.7. The van der Waals surface area contributed by atoms with Gasteiger partial charge in [-0.15, -0.1) is 0 Å². The van der Waals surface area contributed by atoms with Gasteiger partial charge in [-0.1, -0.05) is 6.92 Å². The quantitative estimate of drug-likeness (QED) is 0.592. The van der Waals surface area contributed by atoms with Crippen LogP contribution in [0.15, 0.2) is 0 Å². The highest BCUT2D eigenvalue weighted by molar-refractivity contribution is 5.77. The first-order chi connectivity index (χ1) is 5.24. The molecule has 11 heavy (non-hydrogen) atoms. The van der Waals surface area contributed by atoms with Crippen molar-refractivity contribution in [3.05, 3.63) is 0 Å². The van der Waals surface area contributed by atoms with Crippen molar-refractivity contribution in [1.29, 1.82) is 0 Å². The number of carbonyl (C=O) groups excluding carboxylic acids is 1. The second-order valence-electron chi connectivity index (χ2n) is 3.25. The highest BCUT2D eigenvalue weighted by Crippen LogP contribution is 2.14. The van der Waals surface area contributed by atoms with E-state index < -0.39 is 0 Å². The number of aliphatic hydroxyl groups excluding tert-OH is 1. The van der Waals surface area contributed by atoms with E-state index in [1.54, 1.807) is 4.90 Å². The molecule has 1 saturated heterocycles. The Hall–Kier alpha value is -0.570. The Morgan fingerprint density at radius 2 is 2.45 bits per heavy atom. The van der Waals surface area contributed by atoms with Crippen LogP contribution in [-0.2, 0) is 4.79 Å². The smallest absolute Gasteiger partial charge is 0.248 e. The number of amides is 1. The molecule has 1 atom stereocenters. The predicted octanol–water partition coefficient (Wildman–Crippen LogP) is 0.237. The number of likely N-dealkylation sites (tertiary alicyclic amines) is 1. The Bertz CT molecular complexity index is 147. The number of piperidine rings is 1. The summed E-state index contributed by atoms with van der Waals surface area (Å²) in [6, 6.07) is 0. The van der Waals surface area contributed by atoms with E-state index in [9.17, 15) is 4.79 Å². The Balaban J connectivity index is 2.39. The molecule has 64 valence electrons. The van der Waals surface area contributed by atoms with Gasteiger partial charge < -0.3 is 10.0 Å². The molecule has 1 amide bonds. The number of aliphatic hydroxyl groups is 1. The summed E-state index contributed by atoms with van der Waals surface area (Å²) in [5, 5.41) is 8.58. The van der Waals surface area contributed by atoms with Crippen LogP contribution in [0.3, 0.4) is 0 Å². The van der Waals surface area contributed by atoms with Gasteiger partial charge in [0, 0.05) is 13.1 Å². The molecule has 0 aromatic heterocycles. The SMILES string of the molecule is CC1CCCN(C(=O)CO)C1. The largest absolute Gasteiger partial charge is 0.387 e. The molecule has 1 rings (SSSR count). The number of rotatable bonds is 1. The number of carbonyl (C=O) groups is 1. The summed E-state index contributed by atoms with van der Waals surface area (Å²) in [7, 11) is 0. The summed E-state index contributed by atoms with van der Waals surface area (Å²) in [5.41, 5.74) is 0. The molecule has 1 heterocycles. The molecule has 0 aliphatic carbocycles. The molecule has 0 radical (unpaired) electrons. The minimum Gasteiger partial charge on any atom is -0.387 e. The monoisotopic (exact) mass is 157 g/mol. The summed E-state index contributed by atoms with van der Waals surface area (Å²) < 4.78 is 0. The zero-order valence-electron chi connectivity index (χ0n) is 6.92. The van der Waals surface area contributed by atoms with Crippen LogP contribution in [0.2, 0.25) is 0 Å². The van der Waals surface area contributed by atoms with Crippen LogP contribution in [0, 0.1) is 5.92 Å². The van der Waals surface area contributed by atoms with Crippen LogP contribution >= 0.6 is 0 Å². The van der Waals surface area contributed by atoms with E-state index in [1.807, 2.05) is 0 Å². The minimum atomic E-state index is -0.341. The van der Waals surface area contributed by atoms with Gasteiger partial charge in [-0.2, -0.15) is 0 Å². The number of hydrogen-bond donors (Lipinski definition) is 1. The standard InChI is InChI=1S/C8H15NO2/c1-7-3-2-4-9(5-7)8(11)6-10/h7,10H,2-6H2,1H3. The Morgan fingerprint density at radius 3 is 3.00 bits per heavy atom. The average Bonchev–Trinajstić information content (AvgIpc) is 2.03. The summed E-state index contributed by atoms with van der Waals surface area (Å²) >= 11 is 0. The zero-order valence-corrected chi connectivity index (χ0v) is 6.92. The third kappa shape index (κ3) is 2.19. The second kappa shape index (κ2) is 3.72. The van der Waals surface area contributed by atoms with Gasteiger partial charge in [-0.05, 0) is 18.8 Å². The van der Waals surface area contributed by atoms with Gasteiger partial charge in [0.1, 0.15) is 6.61 Å². The van der Waals surface area contributed by atoms with E-state index >= 15 is 0 Å². The van der Waals surface area contributed by atoms with E-state index in [0.717, 1.165) is 19.5 Å². The average molecular weight is 157 g/mol. The molecule has 0 bridgehead atoms. The molecule has 0 saturated carbocycles. The van der Waals surface area contributed by atoms with Crippen molar-refractivity contribution in [2.75, 3.05) is 19.7 Å². The van der Waals surface area contributed by atoms with E-state index in [4.69, 9.17) is 5.11 Å². The number of nitrogens with zero attached hydrogens (tertiary/aromatic N) is 1. The van der Waals surface area contributed by atoms with E-state index in [1.165, 1.54) is 6.42 Å². The maximum Gasteiger partial charge on any atom is 0.248 e. The molecular weight excluding hydrogens is 142 g/mol. The third-order valence-electron chi connectivity index (χ3n) is 2.14. The van der Waals surface area contributed by atoms with Crippen LogP contribution in [-0.4, -0.2) is 35.6 Å². The molecule has 3 heteroatoms. The van der Waals surface area contributed by atoms with Crippen LogP contribution in [0.5, 0.6) is 0 Å². The van der Waals surface area contributed by atoms with Gasteiger partial charge in [0.25, 0.3) is 0 Å². The Kier molecular flexibility index (Phi) is 2.88. The summed E-state index contributed by atoms with van der Waals surface area (Å²) in [6.07, 6.45) is 2.28. The minimum absolute atomic E-state index is 0.128. The maximum atomic E-state index is 11.0. The highest BCUT2D eigenvalue weighted by Gasteiger charge is 2.19. The predicted molar refractivity (Wildman–Crippen MR) is 42.1 cm³/mol. The van der Waals surface area contributed by atoms with Gasteiger partial charge in [0.05, 0.1) is 0 Å². The Labute approximate surface area is 67.0 Å². The lowest BCUT2D eigenvalue weighted by atomic mass is 10.0. The first-order valence-electron chi connectivity index (χ1n) is 4.12. The summed E-state index contributed by atoms with van der Waals surface area (Å²) in [6.45, 7) is 3.44. The van der Waals surface area contributed by atoms with Gasteiger partial charge in [0.15, 0.2) is 0 Å². The van der Waals surface area contributed by atoms with Gasteiger partial charge >= 0.3 is 0 Å². The van der Waals surface area contributed by atoms with E-state index in [0.29, 0.717) is 5.92 Å². The van der Waals surface area contributed by atoms with Crippen molar-refractivity contribution >= 4 is 5.91 Å². The first-order valence-corrected chi connectivity index (χ1v) is 4.12. The normalized spacial score (nSPS) is 25.3. The topological polar surface area (TPSA) is 40.5 Å². The van der Waals surface area contributed by atoms with Crippen LogP contribution in [0.1, 0.15) is 19.8 Å². The third-order valence-corrected chi connectivity index (χ3v) is 2.14. The van der Waals surface area contributed by atoms with Crippen molar-refractivity contribution in [3.63, 3.8) is 0 Å². The highest BCUT2D eigenvalue weighted by atomic mass is 16.3. The Morgan fingerprint density at radius 1 is 1.73 bits per heavy atom. The van der Waals surface area contributed by atoms with Crippen molar-refractivity contribution in [2.45, 2.75) is 19.8 Å². The van der Waals surface area contributed by atoms with Gasteiger partial charge in [0.2, 0.25) is 5.91 Å². The van der Waals surface area contributed by atoms with Crippen molar-refractivity contribution < 1.29 is 9.90 Å². The molecule has 1 aliphatic heterocycles. The molecular formula is C8H15NO2. The fourth-order valence-electron chi connectivity index (χ4n) is 1.52. The fraction of sp³-hybridized carbons (Fsp3) is 0.875. The second-order valence-corrected chi connectivity index (χ2v) is 3.25. The fourth-order valence-corrected chi connectivity index (χ4v) is 1.52. The van der Waals surface area contributed by atoms with Crippen molar-refractivity contribution in [1.82, 2.24) is 4.90 Å². The number of hydrogen-bond acceptors (Lipinski definition) is 2. The lowest BCUT2D eigenvalue weighted by Crippen LogP contribution is -2.40. The zero-order chi connectivity index (χ0) is 8.27. The molecule has 1 unspecified atom stereocenters. The van der Waals surface area contributed by atoms with Gasteiger partial charge in [-0.25, -0.2) is 0 Å². The maximum absolute atomic E-state index is 11.0. The van der Waals surface area contributed by atoms with Gasteiger partial charge in [-0.3, -0.25) is 4.79 Å². The van der Waals surface area contributed by atoms with Crippen molar-refractivity contribution in [3.8, 4) is 0 Å². The lowest BCUT2D eigenvalue weighted by Gasteiger charge is -2.30. The molecule has 0 aromatic carbocycles. The van der Waals surface area contributed by atoms with Crippen LogP contribution in [0.4, 0.5) is 0 Å². The van der Waals surface area contributed by atoms with Crippen LogP contribution < -0.4 is 0 Å².